The lowest BCUT2D eigenvalue weighted by Gasteiger charge is -2.23. The first-order chi connectivity index (χ1) is 17.6. The van der Waals surface area contributed by atoms with E-state index >= 15 is 0 Å². The lowest BCUT2D eigenvalue weighted by atomic mass is 9.81. The van der Waals surface area contributed by atoms with Crippen LogP contribution in [0.25, 0.3) is 0 Å². The van der Waals surface area contributed by atoms with Crippen molar-refractivity contribution in [2.24, 2.45) is 0 Å². The number of anilines is 1. The lowest BCUT2D eigenvalue weighted by molar-refractivity contribution is -0.401. The molecular formula is C29H31F2N2+. The molecule has 0 amide bonds. The average molecular weight is 451 g/mol. The second-order valence-electron chi connectivity index (χ2n) is 9.41. The van der Waals surface area contributed by atoms with Gasteiger partial charge in [-0.05, 0) is 55.8 Å². The van der Waals surface area contributed by atoms with Gasteiger partial charge in [0.2, 0.25) is 5.69 Å². The molecule has 4 rings (SSSR count). The number of nitrogens with zero attached hydrogens (tertiary/aromatic N) is 2. The highest BCUT2D eigenvalue weighted by molar-refractivity contribution is 6.03. The highest BCUT2D eigenvalue weighted by Gasteiger charge is 2.43. The van der Waals surface area contributed by atoms with Crippen molar-refractivity contribution in [1.29, 1.82) is 0 Å². The van der Waals surface area contributed by atoms with Crippen molar-refractivity contribution in [3.05, 3.63) is 107 Å². The molecule has 0 radical (unpaired) electrons. The van der Waals surface area contributed by atoms with Crippen molar-refractivity contribution in [2.45, 2.75) is 38.5 Å². The summed E-state index contributed by atoms with van der Waals surface area (Å²) < 4.78 is 71.9. The third-order valence-electron chi connectivity index (χ3n) is 6.68. The van der Waals surface area contributed by atoms with E-state index in [9.17, 15) is 8.78 Å². The number of rotatable bonds is 4. The molecule has 0 unspecified atom stereocenters. The van der Waals surface area contributed by atoms with Gasteiger partial charge in [-0.25, -0.2) is 8.78 Å². The SMILES string of the molecule is [2H]C(=CC1=[N+](C)c2ccc(F)cc2C1(C)C)C([2H])=C([2H])C([2H])=C([2H])C=C1N(C)c2ccc(F)cc2C1(C)C. The Hall–Kier alpha value is -3.27. The molecule has 0 N–H and O–H groups in total. The minimum Gasteiger partial charge on any atom is -0.347 e. The van der Waals surface area contributed by atoms with Crippen LogP contribution in [-0.4, -0.2) is 24.4 Å². The molecule has 0 aromatic heterocycles. The van der Waals surface area contributed by atoms with Gasteiger partial charge in [0.1, 0.15) is 18.7 Å². The van der Waals surface area contributed by atoms with Crippen LogP contribution in [0, 0.1) is 11.6 Å². The molecule has 0 fully saturated rings. The van der Waals surface area contributed by atoms with E-state index in [2.05, 4.69) is 0 Å². The molecule has 2 aromatic rings. The largest absolute Gasteiger partial charge is 0.347 e. The van der Waals surface area contributed by atoms with Crippen LogP contribution in [0.1, 0.15) is 45.7 Å². The zero-order valence-corrected chi connectivity index (χ0v) is 19.8. The molecule has 0 aliphatic carbocycles. The summed E-state index contributed by atoms with van der Waals surface area (Å²) in [5, 5.41) is 0. The summed E-state index contributed by atoms with van der Waals surface area (Å²) in [6.07, 6.45) is 2.92. The van der Waals surface area contributed by atoms with Gasteiger partial charge in [0.15, 0.2) is 5.71 Å². The summed E-state index contributed by atoms with van der Waals surface area (Å²) in [5.41, 5.74) is 3.13. The molecule has 2 aromatic carbocycles. The van der Waals surface area contributed by atoms with Crippen LogP contribution < -0.4 is 4.90 Å². The number of benzene rings is 2. The van der Waals surface area contributed by atoms with Crippen LogP contribution in [0.4, 0.5) is 20.2 Å². The Bertz CT molecular complexity index is 1510. The van der Waals surface area contributed by atoms with Crippen molar-refractivity contribution in [1.82, 2.24) is 0 Å². The van der Waals surface area contributed by atoms with Crippen molar-refractivity contribution >= 4 is 17.1 Å². The number of hydrogen-bond donors (Lipinski definition) is 0. The monoisotopic (exact) mass is 450 g/mol. The number of allylic oxidation sites excluding steroid dienone is 8. The molecule has 170 valence electrons. The maximum Gasteiger partial charge on any atom is 0.209 e. The number of halogens is 2. The minimum absolute atomic E-state index is 0.287. The maximum atomic E-state index is 13.9. The normalized spacial score (nSPS) is 23.8. The van der Waals surface area contributed by atoms with Gasteiger partial charge in [-0.1, -0.05) is 44.1 Å². The number of hydrogen-bond acceptors (Lipinski definition) is 1. The summed E-state index contributed by atoms with van der Waals surface area (Å²) in [7, 11) is 3.60. The average Bonchev–Trinajstić information content (AvgIpc) is 3.16. The highest BCUT2D eigenvalue weighted by atomic mass is 19.1. The van der Waals surface area contributed by atoms with Crippen LogP contribution in [-0.2, 0) is 10.8 Å². The Kier molecular flexibility index (Phi) is 4.31. The fourth-order valence-corrected chi connectivity index (χ4v) is 4.84. The quantitative estimate of drug-likeness (QED) is 0.361. The molecule has 0 atom stereocenters. The Labute approximate surface area is 202 Å². The first kappa shape index (κ1) is 17.2. The Morgan fingerprint density at radius 1 is 0.848 bits per heavy atom. The molecule has 4 heteroatoms. The first-order valence-corrected chi connectivity index (χ1v) is 10.8. The van der Waals surface area contributed by atoms with Gasteiger partial charge < -0.3 is 4.90 Å². The standard InChI is InChI=1S/C29H31F2N2/c1-28(2)22-18-20(30)14-16-24(22)32(5)26(28)12-10-8-7-9-11-13-27-29(3,4)23-19-21(31)15-17-25(23)33(27)6/h7-19H,1-6H3/q+1/i7D,8D,9D,10D,11D. The van der Waals surface area contributed by atoms with Crippen LogP contribution in [0.3, 0.4) is 0 Å². The van der Waals surface area contributed by atoms with E-state index in [0.717, 1.165) is 22.5 Å². The molecular weight excluding hydrogens is 414 g/mol. The predicted molar refractivity (Wildman–Crippen MR) is 134 cm³/mol. The predicted octanol–water partition coefficient (Wildman–Crippen LogP) is 6.95. The van der Waals surface area contributed by atoms with E-state index in [4.69, 9.17) is 6.85 Å². The molecule has 2 aliphatic heterocycles. The van der Waals surface area contributed by atoms with Crippen LogP contribution >= 0.6 is 0 Å². The van der Waals surface area contributed by atoms with Gasteiger partial charge in [-0.15, -0.1) is 0 Å². The summed E-state index contributed by atoms with van der Waals surface area (Å²) in [6, 6.07) is 6.87. The third kappa shape index (κ3) is 3.88. The second-order valence-corrected chi connectivity index (χ2v) is 9.41. The third-order valence-corrected chi connectivity index (χ3v) is 6.68. The summed E-state index contributed by atoms with van der Waals surface area (Å²) in [6.45, 7) is 7.60. The van der Waals surface area contributed by atoms with E-state index in [-0.39, 0.29) is 23.7 Å². The smallest absolute Gasteiger partial charge is 0.209 e. The molecule has 2 nitrogen and oxygen atoms in total. The summed E-state index contributed by atoms with van der Waals surface area (Å²) >= 11 is 0. The fourth-order valence-electron chi connectivity index (χ4n) is 4.84. The van der Waals surface area contributed by atoms with Crippen molar-refractivity contribution in [3.8, 4) is 0 Å². The van der Waals surface area contributed by atoms with Gasteiger partial charge in [0.25, 0.3) is 0 Å². The second kappa shape index (κ2) is 8.26. The Morgan fingerprint density at radius 2 is 1.45 bits per heavy atom. The van der Waals surface area contributed by atoms with Gasteiger partial charge >= 0.3 is 0 Å². The summed E-state index contributed by atoms with van der Waals surface area (Å²) in [5.74, 6) is -0.720. The van der Waals surface area contributed by atoms with E-state index < -0.39 is 29.0 Å². The first-order valence-electron chi connectivity index (χ1n) is 13.3. The molecule has 2 aliphatic rings. The van der Waals surface area contributed by atoms with Crippen LogP contribution in [0.5, 0.6) is 0 Å². The van der Waals surface area contributed by atoms with Crippen molar-refractivity contribution in [2.75, 3.05) is 19.0 Å². The van der Waals surface area contributed by atoms with Crippen LogP contribution in [0.15, 0.2) is 84.5 Å². The number of likely N-dealkylation sites (N-methyl/N-ethyl adjacent to an activating group) is 1. The maximum absolute atomic E-state index is 13.9. The van der Waals surface area contributed by atoms with Gasteiger partial charge in [-0.3, -0.25) is 0 Å². The van der Waals surface area contributed by atoms with Crippen molar-refractivity contribution < 1.29 is 20.2 Å². The molecule has 0 bridgehead atoms. The molecule has 33 heavy (non-hydrogen) atoms. The topological polar surface area (TPSA) is 6.25 Å². The zero-order valence-electron chi connectivity index (χ0n) is 24.8. The molecule has 0 spiro atoms. The van der Waals surface area contributed by atoms with Gasteiger partial charge in [0.05, 0.1) is 12.3 Å². The summed E-state index contributed by atoms with van der Waals surface area (Å²) in [4.78, 5) is 1.83. The van der Waals surface area contributed by atoms with E-state index in [0.29, 0.717) is 11.4 Å². The number of fused-ring (bicyclic) bond motifs is 2. The zero-order chi connectivity index (χ0) is 28.3. The highest BCUT2D eigenvalue weighted by Crippen LogP contribution is 2.47. The lowest BCUT2D eigenvalue weighted by Crippen LogP contribution is -2.26. The molecule has 0 saturated carbocycles. The van der Waals surface area contributed by atoms with E-state index in [1.54, 1.807) is 26.2 Å². The van der Waals surface area contributed by atoms with E-state index in [1.165, 1.54) is 36.4 Å². The fraction of sp³-hybridized carbons (Fsp3) is 0.276. The molecule has 2 heterocycles. The van der Waals surface area contributed by atoms with Gasteiger partial charge in [0, 0.05) is 41.6 Å². The van der Waals surface area contributed by atoms with Crippen LogP contribution in [0.2, 0.25) is 0 Å². The Morgan fingerprint density at radius 3 is 2.18 bits per heavy atom. The molecule has 0 saturated heterocycles. The van der Waals surface area contributed by atoms with E-state index in [1.807, 2.05) is 37.2 Å². The van der Waals surface area contributed by atoms with Gasteiger partial charge in [-0.2, -0.15) is 4.58 Å². The Balaban J connectivity index is 1.72. The van der Waals surface area contributed by atoms with Crippen molar-refractivity contribution in [3.63, 3.8) is 0 Å². The minimum atomic E-state index is -0.640.